The van der Waals surface area contributed by atoms with Crippen LogP contribution in [0.5, 0.6) is 11.5 Å². The maximum absolute atomic E-state index is 6.27. The molecule has 0 aromatic heterocycles. The molecule has 0 radical (unpaired) electrons. The molecule has 3 aromatic carbocycles. The summed E-state index contributed by atoms with van der Waals surface area (Å²) in [4.78, 5) is 0. The van der Waals surface area contributed by atoms with Crippen LogP contribution < -0.4 is 14.8 Å². The average molecular weight is 442 g/mol. The van der Waals surface area contributed by atoms with E-state index in [1.165, 1.54) is 0 Å². The summed E-state index contributed by atoms with van der Waals surface area (Å²) in [5, 5.41) is 4.88. The molecule has 0 amide bonds. The van der Waals surface area contributed by atoms with Crippen LogP contribution in [0.15, 0.2) is 67.3 Å². The normalized spacial score (nSPS) is 10.5. The first-order chi connectivity index (χ1) is 14.5. The van der Waals surface area contributed by atoms with Crippen molar-refractivity contribution in [3.63, 3.8) is 0 Å². The lowest BCUT2D eigenvalue weighted by Crippen LogP contribution is -2.05. The second-order valence-corrected chi connectivity index (χ2v) is 7.74. The molecule has 0 atom stereocenters. The Bertz CT molecular complexity index is 1030. The van der Waals surface area contributed by atoms with Gasteiger partial charge < -0.3 is 14.8 Å². The van der Waals surface area contributed by atoms with E-state index in [-0.39, 0.29) is 0 Å². The fraction of sp³-hybridized carbons (Fsp3) is 0.200. The second kappa shape index (κ2) is 10.4. The summed E-state index contributed by atoms with van der Waals surface area (Å²) in [7, 11) is 1.65. The maximum atomic E-state index is 6.27. The molecule has 0 aliphatic heterocycles. The van der Waals surface area contributed by atoms with Crippen LogP contribution in [0.4, 0.5) is 5.69 Å². The highest BCUT2D eigenvalue weighted by molar-refractivity contribution is 6.31. The van der Waals surface area contributed by atoms with Gasteiger partial charge in [-0.3, -0.25) is 0 Å². The van der Waals surface area contributed by atoms with Gasteiger partial charge in [0.1, 0.15) is 6.61 Å². The minimum atomic E-state index is 0.361. The first kappa shape index (κ1) is 22.1. The molecular formula is C25H25Cl2NO2. The van der Waals surface area contributed by atoms with Crippen molar-refractivity contribution in [1.29, 1.82) is 0 Å². The third-order valence-corrected chi connectivity index (χ3v) is 5.63. The number of hydrogen-bond donors (Lipinski definition) is 1. The van der Waals surface area contributed by atoms with Crippen LogP contribution in [0.1, 0.15) is 22.3 Å². The Morgan fingerprint density at radius 2 is 1.77 bits per heavy atom. The predicted molar refractivity (Wildman–Crippen MR) is 126 cm³/mol. The van der Waals surface area contributed by atoms with Gasteiger partial charge in [-0.25, -0.2) is 0 Å². The zero-order valence-corrected chi connectivity index (χ0v) is 18.7. The van der Waals surface area contributed by atoms with Gasteiger partial charge in [-0.15, -0.1) is 6.58 Å². The van der Waals surface area contributed by atoms with E-state index in [2.05, 4.69) is 18.0 Å². The first-order valence-electron chi connectivity index (χ1n) is 9.69. The van der Waals surface area contributed by atoms with E-state index in [4.69, 9.17) is 32.7 Å². The van der Waals surface area contributed by atoms with Gasteiger partial charge in [0.05, 0.1) is 7.11 Å². The molecule has 3 aromatic rings. The predicted octanol–water partition coefficient (Wildman–Crippen LogP) is 7.23. The molecule has 3 rings (SSSR count). The smallest absolute Gasteiger partial charge is 0.165 e. The average Bonchev–Trinajstić information content (AvgIpc) is 2.75. The molecule has 0 aliphatic rings. The molecule has 0 heterocycles. The van der Waals surface area contributed by atoms with Crippen LogP contribution in [0, 0.1) is 6.92 Å². The maximum Gasteiger partial charge on any atom is 0.165 e. The molecule has 1 N–H and O–H groups in total. The number of methoxy groups -OCH3 is 1. The second-order valence-electron chi connectivity index (χ2n) is 6.93. The van der Waals surface area contributed by atoms with E-state index in [1.54, 1.807) is 7.11 Å². The molecule has 0 saturated heterocycles. The standard InChI is InChI=1S/C25H25Cl2NO2/c1-4-8-19-13-18(15-28-23-12-7-11-21(26)17(23)2)14-24(29-3)25(19)30-16-20-9-5-6-10-22(20)27/h4-7,9-14,28H,1,8,15-16H2,2-3H3. The van der Waals surface area contributed by atoms with Crippen molar-refractivity contribution in [3.05, 3.63) is 99.6 Å². The molecule has 0 bridgehead atoms. The van der Waals surface area contributed by atoms with Gasteiger partial charge in [-0.05, 0) is 54.8 Å². The third kappa shape index (κ3) is 5.29. The van der Waals surface area contributed by atoms with Crippen molar-refractivity contribution in [2.24, 2.45) is 0 Å². The molecule has 0 unspecified atom stereocenters. The summed E-state index contributed by atoms with van der Waals surface area (Å²) in [6.07, 6.45) is 2.52. The first-order valence-corrected chi connectivity index (χ1v) is 10.4. The zero-order chi connectivity index (χ0) is 21.5. The van der Waals surface area contributed by atoms with Crippen molar-refractivity contribution in [3.8, 4) is 11.5 Å². The number of ether oxygens (including phenoxy) is 2. The molecule has 3 nitrogen and oxygen atoms in total. The van der Waals surface area contributed by atoms with Crippen molar-refractivity contribution >= 4 is 28.9 Å². The highest BCUT2D eigenvalue weighted by atomic mass is 35.5. The van der Waals surface area contributed by atoms with Crippen molar-refractivity contribution in [2.45, 2.75) is 26.5 Å². The van der Waals surface area contributed by atoms with Gasteiger partial charge in [-0.1, -0.05) is 53.5 Å². The SMILES string of the molecule is C=CCc1cc(CNc2cccc(Cl)c2C)cc(OC)c1OCc1ccccc1Cl. The minimum Gasteiger partial charge on any atom is -0.493 e. The molecule has 0 saturated carbocycles. The summed E-state index contributed by atoms with van der Waals surface area (Å²) >= 11 is 12.5. The van der Waals surface area contributed by atoms with Crippen molar-refractivity contribution in [1.82, 2.24) is 0 Å². The lowest BCUT2D eigenvalue weighted by atomic mass is 10.0. The molecule has 0 aliphatic carbocycles. The number of rotatable bonds is 9. The number of nitrogens with one attached hydrogen (secondary N) is 1. The highest BCUT2D eigenvalue weighted by Gasteiger charge is 2.14. The van der Waals surface area contributed by atoms with Crippen LogP contribution in [0.2, 0.25) is 10.0 Å². The van der Waals surface area contributed by atoms with Gasteiger partial charge >= 0.3 is 0 Å². The molecule has 5 heteroatoms. The summed E-state index contributed by atoms with van der Waals surface area (Å²) < 4.78 is 11.8. The number of halogens is 2. The Labute approximate surface area is 188 Å². The fourth-order valence-corrected chi connectivity index (χ4v) is 3.57. The number of allylic oxidation sites excluding steroid dienone is 1. The van der Waals surface area contributed by atoms with E-state index < -0.39 is 0 Å². The lowest BCUT2D eigenvalue weighted by molar-refractivity contribution is 0.282. The Hall–Kier alpha value is -2.62. The monoisotopic (exact) mass is 441 g/mol. The van der Waals surface area contributed by atoms with E-state index in [9.17, 15) is 0 Å². The summed E-state index contributed by atoms with van der Waals surface area (Å²) in [5.41, 5.74) is 5.04. The van der Waals surface area contributed by atoms with Crippen LogP contribution in [-0.4, -0.2) is 7.11 Å². The summed E-state index contributed by atoms with van der Waals surface area (Å²) in [6.45, 7) is 6.87. The van der Waals surface area contributed by atoms with Gasteiger partial charge in [0.15, 0.2) is 11.5 Å². The Morgan fingerprint density at radius 3 is 2.50 bits per heavy atom. The van der Waals surface area contributed by atoms with Gasteiger partial charge in [0.25, 0.3) is 0 Å². The van der Waals surface area contributed by atoms with E-state index in [0.29, 0.717) is 36.1 Å². The lowest BCUT2D eigenvalue weighted by Gasteiger charge is -2.18. The highest BCUT2D eigenvalue weighted by Crippen LogP contribution is 2.35. The van der Waals surface area contributed by atoms with Crippen molar-refractivity contribution < 1.29 is 9.47 Å². The molecule has 0 spiro atoms. The Morgan fingerprint density at radius 1 is 1.00 bits per heavy atom. The van der Waals surface area contributed by atoms with Crippen LogP contribution in [-0.2, 0) is 19.6 Å². The van der Waals surface area contributed by atoms with Crippen LogP contribution in [0.3, 0.4) is 0 Å². The fourth-order valence-electron chi connectivity index (χ4n) is 3.21. The van der Waals surface area contributed by atoms with Gasteiger partial charge in [-0.2, -0.15) is 0 Å². The van der Waals surface area contributed by atoms with E-state index >= 15 is 0 Å². The molecule has 0 fully saturated rings. The largest absolute Gasteiger partial charge is 0.493 e. The van der Waals surface area contributed by atoms with Crippen molar-refractivity contribution in [2.75, 3.05) is 12.4 Å². The number of anilines is 1. The van der Waals surface area contributed by atoms with E-state index in [0.717, 1.165) is 33.0 Å². The number of hydrogen-bond acceptors (Lipinski definition) is 3. The Kier molecular flexibility index (Phi) is 7.67. The number of benzene rings is 3. The molecule has 156 valence electrons. The zero-order valence-electron chi connectivity index (χ0n) is 17.2. The quantitative estimate of drug-likeness (QED) is 0.355. The van der Waals surface area contributed by atoms with Crippen LogP contribution in [0.25, 0.3) is 0 Å². The van der Waals surface area contributed by atoms with Gasteiger partial charge in [0, 0.05) is 33.4 Å². The topological polar surface area (TPSA) is 30.5 Å². The summed E-state index contributed by atoms with van der Waals surface area (Å²) in [6, 6.07) is 17.6. The Balaban J connectivity index is 1.84. The minimum absolute atomic E-state index is 0.361. The molecule has 30 heavy (non-hydrogen) atoms. The summed E-state index contributed by atoms with van der Waals surface area (Å²) in [5.74, 6) is 1.39. The van der Waals surface area contributed by atoms with Crippen LogP contribution >= 0.6 is 23.2 Å². The van der Waals surface area contributed by atoms with E-state index in [1.807, 2.05) is 61.5 Å². The third-order valence-electron chi connectivity index (χ3n) is 4.86. The molecular weight excluding hydrogens is 417 g/mol. The van der Waals surface area contributed by atoms with Gasteiger partial charge in [0.2, 0.25) is 0 Å².